The first-order valence-corrected chi connectivity index (χ1v) is 11.8. The number of unbranched alkanes of at least 4 members (excludes halogenated alkanes) is 6. The number of benzene rings is 2. The summed E-state index contributed by atoms with van der Waals surface area (Å²) in [6, 6.07) is 18.5. The number of likely N-dealkylation sites (tertiary alicyclic amines) is 1. The van der Waals surface area contributed by atoms with Crippen molar-refractivity contribution in [3.63, 3.8) is 0 Å². The normalized spacial score (nSPS) is 16.8. The predicted octanol–water partition coefficient (Wildman–Crippen LogP) is 6.60. The predicted molar refractivity (Wildman–Crippen MR) is 123 cm³/mol. The molecule has 0 saturated carbocycles. The fourth-order valence-corrected chi connectivity index (χ4v) is 4.51. The highest BCUT2D eigenvalue weighted by Gasteiger charge is 2.33. The van der Waals surface area contributed by atoms with Crippen LogP contribution in [0.5, 0.6) is 0 Å². The summed E-state index contributed by atoms with van der Waals surface area (Å²) >= 11 is 5.97. The number of rotatable bonds is 11. The van der Waals surface area contributed by atoms with Gasteiger partial charge < -0.3 is 10.0 Å². The molecule has 1 aliphatic rings. The molecule has 1 aliphatic heterocycles. The molecule has 1 fully saturated rings. The van der Waals surface area contributed by atoms with Crippen LogP contribution in [0.2, 0.25) is 5.02 Å². The van der Waals surface area contributed by atoms with Gasteiger partial charge in [-0.15, -0.1) is 0 Å². The van der Waals surface area contributed by atoms with Crippen molar-refractivity contribution in [2.45, 2.75) is 69.8 Å². The lowest BCUT2D eigenvalue weighted by atomic mass is 9.84. The lowest BCUT2D eigenvalue weighted by Crippen LogP contribution is -2.42. The maximum atomic E-state index is 11.0. The zero-order valence-electron chi connectivity index (χ0n) is 17.7. The van der Waals surface area contributed by atoms with Crippen LogP contribution in [0.1, 0.15) is 68.9 Å². The van der Waals surface area contributed by atoms with Gasteiger partial charge in [-0.3, -0.25) is 0 Å². The summed E-state index contributed by atoms with van der Waals surface area (Å²) in [7, 11) is 0. The lowest BCUT2D eigenvalue weighted by Gasteiger charge is -2.38. The van der Waals surface area contributed by atoms with E-state index in [1.54, 1.807) is 0 Å². The molecule has 29 heavy (non-hydrogen) atoms. The first-order valence-electron chi connectivity index (χ1n) is 11.4. The van der Waals surface area contributed by atoms with Crippen LogP contribution in [-0.2, 0) is 12.0 Å². The van der Waals surface area contributed by atoms with Crippen LogP contribution >= 0.6 is 11.6 Å². The monoisotopic (exact) mass is 413 g/mol. The highest BCUT2D eigenvalue weighted by molar-refractivity contribution is 6.30. The topological polar surface area (TPSA) is 23.5 Å². The number of halogens is 1. The number of aryl methyl sites for hydroxylation is 1. The number of piperidine rings is 1. The van der Waals surface area contributed by atoms with E-state index in [1.165, 1.54) is 63.5 Å². The van der Waals surface area contributed by atoms with Gasteiger partial charge >= 0.3 is 0 Å². The molecule has 2 aromatic carbocycles. The Hall–Kier alpha value is -1.35. The van der Waals surface area contributed by atoms with E-state index >= 15 is 0 Å². The summed E-state index contributed by atoms with van der Waals surface area (Å²) in [5.41, 5.74) is 1.80. The van der Waals surface area contributed by atoms with Gasteiger partial charge in [-0.05, 0) is 61.9 Å². The highest BCUT2D eigenvalue weighted by atomic mass is 35.5. The Kier molecular flexibility index (Phi) is 9.04. The third-order valence-electron chi connectivity index (χ3n) is 6.35. The SMILES string of the molecule is OC1(c2ccc(Cl)cc2)CCN(CCCCCCCCCc2ccccc2)CC1. The average molecular weight is 414 g/mol. The number of hydrogen-bond acceptors (Lipinski definition) is 2. The van der Waals surface area contributed by atoms with Crippen molar-refractivity contribution in [3.8, 4) is 0 Å². The summed E-state index contributed by atoms with van der Waals surface area (Å²) in [6.45, 7) is 3.14. The molecule has 2 nitrogen and oxygen atoms in total. The van der Waals surface area contributed by atoms with E-state index in [0.29, 0.717) is 0 Å². The molecule has 158 valence electrons. The maximum Gasteiger partial charge on any atom is 0.0920 e. The molecule has 1 heterocycles. The Morgan fingerprint density at radius 1 is 0.759 bits per heavy atom. The Morgan fingerprint density at radius 3 is 2.00 bits per heavy atom. The molecule has 0 amide bonds. The van der Waals surface area contributed by atoms with Gasteiger partial charge in [0.25, 0.3) is 0 Å². The Labute approximate surface area is 181 Å². The van der Waals surface area contributed by atoms with Gasteiger partial charge in [0.05, 0.1) is 5.60 Å². The molecule has 0 unspecified atom stereocenters. The summed E-state index contributed by atoms with van der Waals surface area (Å²) in [4.78, 5) is 2.52. The van der Waals surface area contributed by atoms with Gasteiger partial charge in [-0.2, -0.15) is 0 Å². The van der Waals surface area contributed by atoms with Crippen molar-refractivity contribution in [1.29, 1.82) is 0 Å². The molecule has 2 aromatic rings. The molecule has 0 spiro atoms. The third kappa shape index (κ3) is 7.44. The minimum absolute atomic E-state index is 0.680. The molecule has 0 aromatic heterocycles. The van der Waals surface area contributed by atoms with E-state index in [9.17, 15) is 5.11 Å². The molecule has 1 saturated heterocycles. The first-order chi connectivity index (χ1) is 14.2. The van der Waals surface area contributed by atoms with Gasteiger partial charge in [0.15, 0.2) is 0 Å². The average Bonchev–Trinajstić information content (AvgIpc) is 2.75. The van der Waals surface area contributed by atoms with Gasteiger partial charge in [-0.1, -0.05) is 86.2 Å². The number of nitrogens with zero attached hydrogens (tertiary/aromatic N) is 1. The van der Waals surface area contributed by atoms with Crippen molar-refractivity contribution >= 4 is 11.6 Å². The van der Waals surface area contributed by atoms with Crippen LogP contribution < -0.4 is 0 Å². The van der Waals surface area contributed by atoms with E-state index in [-0.39, 0.29) is 0 Å². The lowest BCUT2D eigenvalue weighted by molar-refractivity contribution is -0.0261. The standard InChI is InChI=1S/C26H36ClNO/c27-25-16-14-24(15-17-25)26(29)18-21-28(22-19-26)20-10-5-3-1-2-4-7-11-23-12-8-6-9-13-23/h6,8-9,12-17,29H,1-5,7,10-11,18-22H2. The molecule has 3 heteroatoms. The Balaban J connectivity index is 1.20. The Bertz CT molecular complexity index is 692. The van der Waals surface area contributed by atoms with E-state index in [4.69, 9.17) is 11.6 Å². The molecule has 0 radical (unpaired) electrons. The summed E-state index contributed by atoms with van der Waals surface area (Å²) in [6.07, 6.45) is 12.2. The minimum Gasteiger partial charge on any atom is -0.385 e. The van der Waals surface area contributed by atoms with E-state index < -0.39 is 5.60 Å². The van der Waals surface area contributed by atoms with Crippen LogP contribution in [0.3, 0.4) is 0 Å². The smallest absolute Gasteiger partial charge is 0.0920 e. The van der Waals surface area contributed by atoms with E-state index in [1.807, 2.05) is 24.3 Å². The zero-order valence-corrected chi connectivity index (χ0v) is 18.4. The van der Waals surface area contributed by atoms with Crippen molar-refractivity contribution in [2.75, 3.05) is 19.6 Å². The van der Waals surface area contributed by atoms with Crippen LogP contribution in [0.25, 0.3) is 0 Å². The summed E-state index contributed by atoms with van der Waals surface area (Å²) < 4.78 is 0. The van der Waals surface area contributed by atoms with Gasteiger partial charge in [0, 0.05) is 18.1 Å². The molecule has 0 aliphatic carbocycles. The second-order valence-corrected chi connectivity index (χ2v) is 9.03. The van der Waals surface area contributed by atoms with Crippen LogP contribution in [0.4, 0.5) is 0 Å². The molecular weight excluding hydrogens is 378 g/mol. The fourth-order valence-electron chi connectivity index (χ4n) is 4.39. The van der Waals surface area contributed by atoms with E-state index in [0.717, 1.165) is 36.5 Å². The van der Waals surface area contributed by atoms with Gasteiger partial charge in [0.2, 0.25) is 0 Å². The largest absolute Gasteiger partial charge is 0.385 e. The molecular formula is C26H36ClNO. The number of aliphatic hydroxyl groups is 1. The second kappa shape index (κ2) is 11.7. The quantitative estimate of drug-likeness (QED) is 0.419. The molecule has 1 N–H and O–H groups in total. The number of hydrogen-bond donors (Lipinski definition) is 1. The van der Waals surface area contributed by atoms with Crippen LogP contribution in [0, 0.1) is 0 Å². The Morgan fingerprint density at radius 2 is 1.34 bits per heavy atom. The molecule has 0 atom stereocenters. The zero-order chi connectivity index (χ0) is 20.4. The highest BCUT2D eigenvalue weighted by Crippen LogP contribution is 2.33. The van der Waals surface area contributed by atoms with Crippen molar-refractivity contribution in [3.05, 3.63) is 70.7 Å². The fraction of sp³-hybridized carbons (Fsp3) is 0.538. The molecule has 0 bridgehead atoms. The van der Waals surface area contributed by atoms with E-state index in [2.05, 4.69) is 35.2 Å². The maximum absolute atomic E-state index is 11.0. The van der Waals surface area contributed by atoms with Crippen LogP contribution in [0.15, 0.2) is 54.6 Å². The van der Waals surface area contributed by atoms with Gasteiger partial charge in [0.1, 0.15) is 0 Å². The van der Waals surface area contributed by atoms with Crippen molar-refractivity contribution in [2.24, 2.45) is 0 Å². The summed E-state index contributed by atoms with van der Waals surface area (Å²) in [5.74, 6) is 0. The third-order valence-corrected chi connectivity index (χ3v) is 6.60. The minimum atomic E-state index is -0.680. The first kappa shape index (κ1) is 22.3. The van der Waals surface area contributed by atoms with Crippen molar-refractivity contribution < 1.29 is 5.11 Å². The van der Waals surface area contributed by atoms with Crippen molar-refractivity contribution in [1.82, 2.24) is 4.90 Å². The van der Waals surface area contributed by atoms with Crippen LogP contribution in [-0.4, -0.2) is 29.6 Å². The summed E-state index contributed by atoms with van der Waals surface area (Å²) in [5, 5.41) is 11.7. The van der Waals surface area contributed by atoms with Gasteiger partial charge in [-0.25, -0.2) is 0 Å². The molecule has 3 rings (SSSR count). The second-order valence-electron chi connectivity index (χ2n) is 8.59.